The quantitative estimate of drug-likeness (QED) is 0.471. The third kappa shape index (κ3) is 2.58. The highest BCUT2D eigenvalue weighted by Gasteiger charge is 2.19. The number of oxazole rings is 1. The highest BCUT2D eigenvalue weighted by atomic mass is 35.5. The van der Waals surface area contributed by atoms with Gasteiger partial charge in [-0.05, 0) is 23.3 Å². The van der Waals surface area contributed by atoms with Crippen molar-refractivity contribution in [3.05, 3.63) is 70.7 Å². The molecule has 3 heterocycles. The number of aromatic nitrogens is 1. The number of nitrogens with zero attached hydrogens (tertiary/aromatic N) is 1. The van der Waals surface area contributed by atoms with Crippen LogP contribution in [0.15, 0.2) is 64.2 Å². The minimum Gasteiger partial charge on any atom is -0.439 e. The van der Waals surface area contributed by atoms with Crippen molar-refractivity contribution in [2.75, 3.05) is 5.32 Å². The summed E-state index contributed by atoms with van der Waals surface area (Å²) in [7, 11) is 0. The molecule has 25 heavy (non-hydrogen) atoms. The van der Waals surface area contributed by atoms with Gasteiger partial charge in [0.05, 0.1) is 16.8 Å². The van der Waals surface area contributed by atoms with Crippen LogP contribution in [0, 0.1) is 0 Å². The molecule has 122 valence electrons. The van der Waals surface area contributed by atoms with Crippen molar-refractivity contribution in [3.63, 3.8) is 0 Å². The van der Waals surface area contributed by atoms with E-state index in [0.717, 1.165) is 22.6 Å². The molecule has 2 aromatic heterocycles. The van der Waals surface area contributed by atoms with Gasteiger partial charge in [-0.3, -0.25) is 0 Å². The first-order valence-electron chi connectivity index (χ1n) is 7.66. The van der Waals surface area contributed by atoms with Crippen LogP contribution < -0.4 is 10.1 Å². The Bertz CT molecular complexity index is 1120. The van der Waals surface area contributed by atoms with E-state index >= 15 is 0 Å². The molecule has 5 rings (SSSR count). The van der Waals surface area contributed by atoms with Crippen LogP contribution in [0.25, 0.3) is 27.6 Å². The summed E-state index contributed by atoms with van der Waals surface area (Å²) in [4.78, 5) is 5.09. The van der Waals surface area contributed by atoms with Gasteiger partial charge in [0.2, 0.25) is 16.7 Å². The molecule has 0 saturated carbocycles. The average molecular weight is 367 g/mol. The van der Waals surface area contributed by atoms with E-state index in [1.165, 1.54) is 11.3 Å². The van der Waals surface area contributed by atoms with Gasteiger partial charge in [-0.2, -0.15) is 0 Å². The summed E-state index contributed by atoms with van der Waals surface area (Å²) in [5.74, 6) is 1.81. The van der Waals surface area contributed by atoms with E-state index in [2.05, 4.69) is 28.5 Å². The summed E-state index contributed by atoms with van der Waals surface area (Å²) in [6.07, 6.45) is 1.73. The van der Waals surface area contributed by atoms with E-state index in [0.29, 0.717) is 27.2 Å². The van der Waals surface area contributed by atoms with Gasteiger partial charge in [0.25, 0.3) is 0 Å². The fraction of sp³-hybridized carbons (Fsp3) is 0. The number of thiophene rings is 1. The minimum absolute atomic E-state index is 0.460. The predicted octanol–water partition coefficient (Wildman–Crippen LogP) is 6.01. The van der Waals surface area contributed by atoms with Gasteiger partial charge in [0.1, 0.15) is 5.52 Å². The number of anilines is 1. The normalized spacial score (nSPS) is 14.5. The molecule has 0 spiro atoms. The molecule has 2 aromatic carbocycles. The van der Waals surface area contributed by atoms with E-state index in [1.54, 1.807) is 6.08 Å². The van der Waals surface area contributed by atoms with Crippen LogP contribution >= 0.6 is 22.9 Å². The lowest BCUT2D eigenvalue weighted by Crippen LogP contribution is -1.96. The van der Waals surface area contributed by atoms with Gasteiger partial charge in [-0.15, -0.1) is 11.3 Å². The number of hydrogen-bond donors (Lipinski definition) is 1. The summed E-state index contributed by atoms with van der Waals surface area (Å²) in [5.41, 5.74) is 3.88. The molecular weight excluding hydrogens is 356 g/mol. The van der Waals surface area contributed by atoms with Gasteiger partial charge in [-0.1, -0.05) is 48.0 Å². The Labute approximate surface area is 152 Å². The molecule has 0 radical (unpaired) electrons. The zero-order chi connectivity index (χ0) is 16.8. The van der Waals surface area contributed by atoms with Gasteiger partial charge in [0.15, 0.2) is 5.75 Å². The zero-order valence-corrected chi connectivity index (χ0v) is 14.4. The van der Waals surface area contributed by atoms with Crippen molar-refractivity contribution in [3.8, 4) is 16.9 Å². The maximum absolute atomic E-state index is 6.07. The lowest BCUT2D eigenvalue weighted by Gasteiger charge is -2.03. The van der Waals surface area contributed by atoms with E-state index in [4.69, 9.17) is 20.8 Å². The number of halogens is 1. The number of benzene rings is 2. The number of rotatable bonds is 2. The lowest BCUT2D eigenvalue weighted by atomic mass is 10.1. The molecule has 6 heteroatoms. The molecular formula is C19H11ClN2O2S. The van der Waals surface area contributed by atoms with Crippen LogP contribution in [0.4, 0.5) is 5.69 Å². The average Bonchev–Trinajstić information content (AvgIpc) is 3.31. The van der Waals surface area contributed by atoms with Crippen molar-refractivity contribution < 1.29 is 9.15 Å². The SMILES string of the molecule is Clc1csc2oc(/C=C3/Nc4cc(-c5ccccc5)ccc4O3)nc12. The smallest absolute Gasteiger partial charge is 0.226 e. The third-order valence-electron chi connectivity index (χ3n) is 3.93. The second-order valence-electron chi connectivity index (χ2n) is 5.58. The van der Waals surface area contributed by atoms with Crippen LogP contribution in [0.3, 0.4) is 0 Å². The molecule has 4 aromatic rings. The van der Waals surface area contributed by atoms with Crippen LogP contribution in [0.1, 0.15) is 5.89 Å². The summed E-state index contributed by atoms with van der Waals surface area (Å²) in [5, 5.41) is 5.67. The molecule has 1 aliphatic rings. The number of ether oxygens (including phenoxy) is 1. The van der Waals surface area contributed by atoms with Crippen molar-refractivity contribution in [1.29, 1.82) is 0 Å². The highest BCUT2D eigenvalue weighted by molar-refractivity contribution is 7.17. The number of nitrogens with one attached hydrogen (secondary N) is 1. The fourth-order valence-electron chi connectivity index (χ4n) is 2.76. The number of hydrogen-bond acceptors (Lipinski definition) is 5. The third-order valence-corrected chi connectivity index (χ3v) is 5.19. The Morgan fingerprint density at radius 2 is 1.96 bits per heavy atom. The van der Waals surface area contributed by atoms with E-state index < -0.39 is 0 Å². The largest absolute Gasteiger partial charge is 0.439 e. The molecule has 0 atom stereocenters. The lowest BCUT2D eigenvalue weighted by molar-refractivity contribution is 0.459. The van der Waals surface area contributed by atoms with Crippen molar-refractivity contribution in [1.82, 2.24) is 4.98 Å². The van der Waals surface area contributed by atoms with Gasteiger partial charge in [0, 0.05) is 5.38 Å². The van der Waals surface area contributed by atoms with E-state index in [9.17, 15) is 0 Å². The molecule has 4 nitrogen and oxygen atoms in total. The summed E-state index contributed by atoms with van der Waals surface area (Å²) >= 11 is 7.50. The highest BCUT2D eigenvalue weighted by Crippen LogP contribution is 2.38. The molecule has 1 N–H and O–H groups in total. The first-order chi connectivity index (χ1) is 12.3. The summed E-state index contributed by atoms with van der Waals surface area (Å²) in [6.45, 7) is 0. The fourth-order valence-corrected chi connectivity index (χ4v) is 3.80. The Kier molecular flexibility index (Phi) is 3.29. The second-order valence-corrected chi connectivity index (χ2v) is 6.83. The standard InChI is InChI=1S/C19H11ClN2O2S/c20-13-10-25-19-18(13)22-17(24-19)9-16-21-14-8-12(6-7-15(14)23-16)11-4-2-1-3-5-11/h1-10,21H/b16-9-. The van der Waals surface area contributed by atoms with Crippen LogP contribution in [-0.2, 0) is 0 Å². The van der Waals surface area contributed by atoms with E-state index in [1.807, 2.05) is 35.7 Å². The van der Waals surface area contributed by atoms with Crippen LogP contribution in [0.5, 0.6) is 5.75 Å². The Morgan fingerprint density at radius 1 is 1.08 bits per heavy atom. The van der Waals surface area contributed by atoms with E-state index in [-0.39, 0.29) is 0 Å². The molecule has 0 bridgehead atoms. The van der Waals surface area contributed by atoms with Crippen LogP contribution in [0.2, 0.25) is 5.02 Å². The van der Waals surface area contributed by atoms with Gasteiger partial charge >= 0.3 is 0 Å². The Morgan fingerprint density at radius 3 is 2.80 bits per heavy atom. The van der Waals surface area contributed by atoms with Gasteiger partial charge in [-0.25, -0.2) is 4.98 Å². The molecule has 1 aliphatic heterocycles. The minimum atomic E-state index is 0.460. The monoisotopic (exact) mass is 366 g/mol. The second kappa shape index (κ2) is 5.65. The molecule has 0 aliphatic carbocycles. The molecule has 0 amide bonds. The summed E-state index contributed by atoms with van der Waals surface area (Å²) in [6, 6.07) is 16.3. The molecule has 0 saturated heterocycles. The van der Waals surface area contributed by atoms with Crippen molar-refractivity contribution in [2.24, 2.45) is 0 Å². The molecule has 0 fully saturated rings. The summed E-state index contributed by atoms with van der Waals surface area (Å²) < 4.78 is 11.5. The van der Waals surface area contributed by atoms with Crippen LogP contribution in [-0.4, -0.2) is 4.98 Å². The van der Waals surface area contributed by atoms with Crippen molar-refractivity contribution >= 4 is 45.1 Å². The first kappa shape index (κ1) is 14.6. The van der Waals surface area contributed by atoms with Gasteiger partial charge < -0.3 is 14.5 Å². The Balaban J connectivity index is 1.45. The van der Waals surface area contributed by atoms with Crippen molar-refractivity contribution in [2.45, 2.75) is 0 Å². The zero-order valence-electron chi connectivity index (χ0n) is 12.8. The maximum Gasteiger partial charge on any atom is 0.226 e. The predicted molar refractivity (Wildman–Crippen MR) is 101 cm³/mol. The first-order valence-corrected chi connectivity index (χ1v) is 8.91. The topological polar surface area (TPSA) is 47.3 Å². The maximum atomic E-state index is 6.07. The Hall–Kier alpha value is -2.76. The number of fused-ring (bicyclic) bond motifs is 2. The molecule has 0 unspecified atom stereocenters.